The van der Waals surface area contributed by atoms with Crippen LogP contribution in [-0.4, -0.2) is 24.0 Å². The van der Waals surface area contributed by atoms with Crippen molar-refractivity contribution in [3.8, 4) is 0 Å². The molecule has 136 valence electrons. The van der Waals surface area contributed by atoms with Crippen molar-refractivity contribution in [2.24, 2.45) is 0 Å². The van der Waals surface area contributed by atoms with Crippen LogP contribution in [0.25, 0.3) is 0 Å². The van der Waals surface area contributed by atoms with Crippen LogP contribution in [0.5, 0.6) is 0 Å². The van der Waals surface area contributed by atoms with E-state index in [1.165, 1.54) is 6.07 Å². The van der Waals surface area contributed by atoms with Gasteiger partial charge in [0.05, 0.1) is 11.3 Å². The summed E-state index contributed by atoms with van der Waals surface area (Å²) in [6.07, 6.45) is 0. The van der Waals surface area contributed by atoms with Gasteiger partial charge in [-0.3, -0.25) is 4.79 Å². The number of carboxylic acid groups (broad SMARTS) is 1. The van der Waals surface area contributed by atoms with Gasteiger partial charge < -0.3 is 15.3 Å². The summed E-state index contributed by atoms with van der Waals surface area (Å²) in [7, 11) is 1.84. The maximum atomic E-state index is 12.3. The van der Waals surface area contributed by atoms with Gasteiger partial charge in [0.25, 0.3) is 5.91 Å². The molecule has 1 amide bonds. The molecule has 0 aromatic heterocycles. The third-order valence-electron chi connectivity index (χ3n) is 4.19. The predicted octanol–water partition coefficient (Wildman–Crippen LogP) is 4.27. The summed E-state index contributed by atoms with van der Waals surface area (Å²) in [4.78, 5) is 25.9. The second-order valence-electron chi connectivity index (χ2n) is 6.20. The molecule has 0 spiro atoms. The van der Waals surface area contributed by atoms with E-state index in [0.717, 1.165) is 5.56 Å². The Balaban J connectivity index is 1.82. The first kappa shape index (κ1) is 18.2. The molecule has 3 aromatic rings. The molecule has 0 radical (unpaired) electrons. The van der Waals surface area contributed by atoms with Crippen LogP contribution in [0.2, 0.25) is 0 Å². The van der Waals surface area contributed by atoms with Gasteiger partial charge in [-0.05, 0) is 35.9 Å². The number of benzene rings is 3. The van der Waals surface area contributed by atoms with Crippen LogP contribution in [-0.2, 0) is 6.54 Å². The molecule has 0 aliphatic heterocycles. The van der Waals surface area contributed by atoms with Gasteiger partial charge in [-0.2, -0.15) is 0 Å². The van der Waals surface area contributed by atoms with Crippen LogP contribution >= 0.6 is 0 Å². The Labute approximate surface area is 157 Å². The van der Waals surface area contributed by atoms with Crippen molar-refractivity contribution in [2.45, 2.75) is 6.54 Å². The highest BCUT2D eigenvalue weighted by molar-refractivity contribution is 6.05. The number of carbonyl (C=O) groups is 2. The summed E-state index contributed by atoms with van der Waals surface area (Å²) in [5.41, 5.74) is 2.76. The number of aromatic carboxylic acids is 1. The third kappa shape index (κ3) is 4.52. The zero-order valence-electron chi connectivity index (χ0n) is 14.9. The lowest BCUT2D eigenvalue weighted by molar-refractivity contribution is 0.0697. The fourth-order valence-electron chi connectivity index (χ4n) is 2.85. The standard InChI is InChI=1S/C22H20N2O3/c1-24(15-16-8-4-2-5-9-16)20-13-12-18(14-19(20)22(26)27)23-21(25)17-10-6-3-7-11-17/h2-14H,15H2,1H3,(H,23,25)(H,26,27). The topological polar surface area (TPSA) is 69.6 Å². The smallest absolute Gasteiger partial charge is 0.337 e. The molecule has 0 fully saturated rings. The van der Waals surface area contributed by atoms with Crippen molar-refractivity contribution < 1.29 is 14.7 Å². The molecular weight excluding hydrogens is 340 g/mol. The Morgan fingerprint density at radius 2 is 1.56 bits per heavy atom. The molecule has 0 saturated carbocycles. The van der Waals surface area contributed by atoms with Crippen LogP contribution in [0.15, 0.2) is 78.9 Å². The minimum Gasteiger partial charge on any atom is -0.478 e. The number of hydrogen-bond donors (Lipinski definition) is 2. The highest BCUT2D eigenvalue weighted by Gasteiger charge is 2.16. The first-order valence-electron chi connectivity index (χ1n) is 8.53. The number of carboxylic acids is 1. The van der Waals surface area contributed by atoms with Crippen molar-refractivity contribution in [3.63, 3.8) is 0 Å². The minimum absolute atomic E-state index is 0.138. The normalized spacial score (nSPS) is 10.3. The van der Waals surface area contributed by atoms with E-state index in [4.69, 9.17) is 0 Å². The Morgan fingerprint density at radius 1 is 0.926 bits per heavy atom. The summed E-state index contributed by atoms with van der Waals surface area (Å²) >= 11 is 0. The molecule has 0 aliphatic carbocycles. The second-order valence-corrected chi connectivity index (χ2v) is 6.20. The van der Waals surface area contributed by atoms with E-state index in [1.807, 2.05) is 48.3 Å². The average molecular weight is 360 g/mol. The first-order valence-corrected chi connectivity index (χ1v) is 8.53. The van der Waals surface area contributed by atoms with E-state index in [1.54, 1.807) is 36.4 Å². The summed E-state index contributed by atoms with van der Waals surface area (Å²) in [5, 5.41) is 12.4. The zero-order valence-corrected chi connectivity index (χ0v) is 14.9. The fourth-order valence-corrected chi connectivity index (χ4v) is 2.85. The molecule has 0 saturated heterocycles. The number of rotatable bonds is 6. The lowest BCUT2D eigenvalue weighted by Gasteiger charge is -2.22. The highest BCUT2D eigenvalue weighted by Crippen LogP contribution is 2.25. The van der Waals surface area contributed by atoms with E-state index in [2.05, 4.69) is 5.32 Å². The Bertz CT molecular complexity index is 940. The maximum Gasteiger partial charge on any atom is 0.337 e. The Kier molecular flexibility index (Phi) is 5.52. The molecule has 3 aromatic carbocycles. The van der Waals surface area contributed by atoms with Crippen LogP contribution in [0.1, 0.15) is 26.3 Å². The van der Waals surface area contributed by atoms with Crippen LogP contribution in [0.4, 0.5) is 11.4 Å². The van der Waals surface area contributed by atoms with Gasteiger partial charge in [-0.1, -0.05) is 48.5 Å². The first-order chi connectivity index (χ1) is 13.0. The number of nitrogens with one attached hydrogen (secondary N) is 1. The Hall–Kier alpha value is -3.60. The fraction of sp³-hybridized carbons (Fsp3) is 0.0909. The van der Waals surface area contributed by atoms with Crippen molar-refractivity contribution >= 4 is 23.3 Å². The lowest BCUT2D eigenvalue weighted by atomic mass is 10.1. The van der Waals surface area contributed by atoms with Gasteiger partial charge in [-0.15, -0.1) is 0 Å². The molecule has 3 rings (SSSR count). The largest absolute Gasteiger partial charge is 0.478 e. The van der Waals surface area contributed by atoms with Crippen molar-refractivity contribution in [1.82, 2.24) is 0 Å². The van der Waals surface area contributed by atoms with Crippen molar-refractivity contribution in [3.05, 3.63) is 95.6 Å². The summed E-state index contributed by atoms with van der Waals surface area (Å²) in [6.45, 7) is 0.580. The van der Waals surface area contributed by atoms with Gasteiger partial charge in [0.15, 0.2) is 0 Å². The molecule has 27 heavy (non-hydrogen) atoms. The van der Waals surface area contributed by atoms with Gasteiger partial charge in [-0.25, -0.2) is 4.79 Å². The van der Waals surface area contributed by atoms with E-state index in [9.17, 15) is 14.7 Å². The van der Waals surface area contributed by atoms with Gasteiger partial charge in [0.2, 0.25) is 0 Å². The molecular formula is C22H20N2O3. The molecule has 5 heteroatoms. The SMILES string of the molecule is CN(Cc1ccccc1)c1ccc(NC(=O)c2ccccc2)cc1C(=O)O. The van der Waals surface area contributed by atoms with Crippen molar-refractivity contribution in [2.75, 3.05) is 17.3 Å². The molecule has 0 bridgehead atoms. The lowest BCUT2D eigenvalue weighted by Crippen LogP contribution is -2.20. The van der Waals surface area contributed by atoms with E-state index in [-0.39, 0.29) is 11.5 Å². The number of anilines is 2. The zero-order chi connectivity index (χ0) is 19.2. The van der Waals surface area contributed by atoms with Gasteiger partial charge in [0, 0.05) is 24.8 Å². The number of amides is 1. The summed E-state index contributed by atoms with van der Waals surface area (Å²) in [5.74, 6) is -1.32. The molecule has 0 aliphatic rings. The van der Waals surface area contributed by atoms with E-state index < -0.39 is 5.97 Å². The second kappa shape index (κ2) is 8.19. The highest BCUT2D eigenvalue weighted by atomic mass is 16.4. The van der Waals surface area contributed by atoms with E-state index >= 15 is 0 Å². The number of carbonyl (C=O) groups excluding carboxylic acids is 1. The van der Waals surface area contributed by atoms with Gasteiger partial charge in [0.1, 0.15) is 0 Å². The minimum atomic E-state index is -1.04. The Morgan fingerprint density at radius 3 is 2.19 bits per heavy atom. The molecule has 2 N–H and O–H groups in total. The molecule has 0 heterocycles. The van der Waals surface area contributed by atoms with Crippen molar-refractivity contribution in [1.29, 1.82) is 0 Å². The number of hydrogen-bond acceptors (Lipinski definition) is 3. The van der Waals surface area contributed by atoms with E-state index in [0.29, 0.717) is 23.5 Å². The van der Waals surface area contributed by atoms with Gasteiger partial charge >= 0.3 is 5.97 Å². The quantitative estimate of drug-likeness (QED) is 0.689. The molecule has 0 atom stereocenters. The van der Waals surface area contributed by atoms with Crippen LogP contribution < -0.4 is 10.2 Å². The predicted molar refractivity (Wildman–Crippen MR) is 106 cm³/mol. The summed E-state index contributed by atoms with van der Waals surface area (Å²) < 4.78 is 0. The van der Waals surface area contributed by atoms with Crippen LogP contribution in [0.3, 0.4) is 0 Å². The monoisotopic (exact) mass is 360 g/mol. The molecule has 5 nitrogen and oxygen atoms in total. The average Bonchev–Trinajstić information content (AvgIpc) is 2.69. The third-order valence-corrected chi connectivity index (χ3v) is 4.19. The number of nitrogens with zero attached hydrogens (tertiary/aromatic N) is 1. The van der Waals surface area contributed by atoms with Crippen LogP contribution in [0, 0.1) is 0 Å². The maximum absolute atomic E-state index is 12.3. The molecule has 0 unspecified atom stereocenters. The summed E-state index contributed by atoms with van der Waals surface area (Å²) in [6, 6.07) is 23.5.